The number of aliphatic hydroxyl groups excluding tert-OH is 1. The molecule has 1 fully saturated rings. The van der Waals surface area contributed by atoms with Gasteiger partial charge in [0.25, 0.3) is 0 Å². The number of carbonyl (C=O) groups excluding carboxylic acids is 1. The van der Waals surface area contributed by atoms with Gasteiger partial charge in [0.2, 0.25) is 0 Å². The molecule has 1 radical (unpaired) electrons. The van der Waals surface area contributed by atoms with Gasteiger partial charge in [0.15, 0.2) is 5.78 Å². The third-order valence-electron chi connectivity index (χ3n) is 9.72. The van der Waals surface area contributed by atoms with E-state index in [0.717, 1.165) is 28.6 Å². The van der Waals surface area contributed by atoms with E-state index in [1.54, 1.807) is 0 Å². The first-order valence-corrected chi connectivity index (χ1v) is 17.7. The summed E-state index contributed by atoms with van der Waals surface area (Å²) in [7, 11) is 0. The zero-order chi connectivity index (χ0) is 34.7. The smallest absolute Gasteiger partial charge is 0.155 e. The number of allylic oxidation sites excluding steroid dienone is 2. The molecular formula is C44H58IrNO2-. The molecule has 261 valence electrons. The SMILES string of the molecule is CC(=O)/C=C(/C)O.Cc1cc(C)c2c(C3CCC(CC(C)C)(CC(C)C)CC3)cc(-c3[c-]c4ccccc4c(C(C)(C)C)c3)nc2c1.[Ir]. The molecule has 0 amide bonds. The maximum absolute atomic E-state index is 10.0. The maximum Gasteiger partial charge on any atom is 0.155 e. The van der Waals surface area contributed by atoms with Crippen molar-refractivity contribution in [2.45, 2.75) is 126 Å². The Bertz CT molecular complexity index is 1730. The summed E-state index contributed by atoms with van der Waals surface area (Å²) in [5.74, 6) is 2.04. The molecule has 0 aliphatic heterocycles. The molecule has 1 aliphatic rings. The quantitative estimate of drug-likeness (QED) is 0.115. The average Bonchev–Trinajstić information content (AvgIpc) is 2.94. The van der Waals surface area contributed by atoms with Gasteiger partial charge in [-0.25, -0.2) is 0 Å². The third kappa shape index (κ3) is 9.88. The van der Waals surface area contributed by atoms with Gasteiger partial charge >= 0.3 is 0 Å². The van der Waals surface area contributed by atoms with Gasteiger partial charge in [-0.2, -0.15) is 0 Å². The van der Waals surface area contributed by atoms with Crippen LogP contribution in [0.1, 0.15) is 129 Å². The van der Waals surface area contributed by atoms with Crippen LogP contribution in [0.2, 0.25) is 0 Å². The van der Waals surface area contributed by atoms with E-state index in [1.165, 1.54) is 96.9 Å². The summed E-state index contributed by atoms with van der Waals surface area (Å²) in [5, 5.41) is 12.2. The molecule has 4 aromatic rings. The van der Waals surface area contributed by atoms with Crippen LogP contribution in [-0.2, 0) is 30.3 Å². The molecule has 0 spiro atoms. The maximum atomic E-state index is 10.0. The molecule has 3 nitrogen and oxygen atoms in total. The van der Waals surface area contributed by atoms with Crippen LogP contribution < -0.4 is 0 Å². The predicted molar refractivity (Wildman–Crippen MR) is 201 cm³/mol. The monoisotopic (exact) mass is 825 g/mol. The summed E-state index contributed by atoms with van der Waals surface area (Å²) in [6.45, 7) is 23.9. The number of carbonyl (C=O) groups is 1. The summed E-state index contributed by atoms with van der Waals surface area (Å²) in [6, 6.07) is 21.9. The van der Waals surface area contributed by atoms with Gasteiger partial charge in [-0.15, -0.1) is 29.1 Å². The fourth-order valence-electron chi connectivity index (χ4n) is 8.30. The van der Waals surface area contributed by atoms with Gasteiger partial charge in [0.05, 0.1) is 11.3 Å². The number of aryl methyl sites for hydroxylation is 2. The number of nitrogens with zero attached hydrogens (tertiary/aromatic N) is 1. The van der Waals surface area contributed by atoms with Crippen LogP contribution in [0.15, 0.2) is 60.4 Å². The minimum absolute atomic E-state index is 0. The first-order chi connectivity index (χ1) is 22.0. The van der Waals surface area contributed by atoms with Crippen molar-refractivity contribution in [3.05, 3.63) is 88.7 Å². The van der Waals surface area contributed by atoms with Crippen LogP contribution in [0, 0.1) is 37.2 Å². The molecular weight excluding hydrogens is 767 g/mol. The first-order valence-electron chi connectivity index (χ1n) is 17.7. The zero-order valence-corrected chi connectivity index (χ0v) is 33.7. The standard InChI is InChI=1S/C39H50N.C5H8O2.Ir/c1-25(2)23-39(24-26(3)4)16-14-29(15-17-39)33-22-35(40-36-19-27(5)18-28(6)37(33)36)31-20-30-12-10-11-13-32(30)34(21-31)38(7,8)9;1-4(6)3-5(2)7;/h10-13,18-19,21-22,25-26,29H,14-17,23-24H2,1-9H3;3,6H,1-2H3;/q-1;;/b;4-3-;. The molecule has 0 atom stereocenters. The van der Waals surface area contributed by atoms with Gasteiger partial charge in [0, 0.05) is 37.3 Å². The number of pyridine rings is 1. The van der Waals surface area contributed by atoms with Crippen molar-refractivity contribution < 1.29 is 30.0 Å². The average molecular weight is 825 g/mol. The number of ketones is 1. The number of hydrogen-bond donors (Lipinski definition) is 1. The molecule has 1 saturated carbocycles. The van der Waals surface area contributed by atoms with Crippen molar-refractivity contribution in [2.75, 3.05) is 0 Å². The van der Waals surface area contributed by atoms with Gasteiger partial charge in [-0.05, 0) is 118 Å². The molecule has 0 bridgehead atoms. The number of aliphatic hydroxyl groups is 1. The van der Waals surface area contributed by atoms with E-state index < -0.39 is 0 Å². The van der Waals surface area contributed by atoms with Crippen LogP contribution in [-0.4, -0.2) is 15.9 Å². The number of benzene rings is 3. The molecule has 4 heteroatoms. The van der Waals surface area contributed by atoms with Crippen molar-refractivity contribution in [3.8, 4) is 11.3 Å². The Morgan fingerprint density at radius 2 is 1.58 bits per heavy atom. The Morgan fingerprint density at radius 1 is 0.979 bits per heavy atom. The molecule has 1 aromatic heterocycles. The summed E-state index contributed by atoms with van der Waals surface area (Å²) in [5.41, 5.74) is 9.41. The van der Waals surface area contributed by atoms with E-state index in [4.69, 9.17) is 10.1 Å². The molecule has 0 unspecified atom stereocenters. The molecule has 0 saturated heterocycles. The second kappa shape index (κ2) is 16.3. The van der Waals surface area contributed by atoms with E-state index in [0.29, 0.717) is 11.3 Å². The number of aromatic nitrogens is 1. The Kier molecular flexibility index (Phi) is 13.4. The van der Waals surface area contributed by atoms with Crippen molar-refractivity contribution >= 4 is 27.5 Å². The number of hydrogen-bond acceptors (Lipinski definition) is 3. The molecule has 3 aromatic carbocycles. The van der Waals surface area contributed by atoms with E-state index in [2.05, 4.69) is 117 Å². The number of fused-ring (bicyclic) bond motifs is 2. The Balaban J connectivity index is 0.000000706. The largest absolute Gasteiger partial charge is 0.512 e. The van der Waals surface area contributed by atoms with Gasteiger partial charge in [0.1, 0.15) is 0 Å². The van der Waals surface area contributed by atoms with Crippen LogP contribution in [0.3, 0.4) is 0 Å². The van der Waals surface area contributed by atoms with E-state index in [-0.39, 0.29) is 37.1 Å². The first kappa shape index (κ1) is 39.6. The van der Waals surface area contributed by atoms with Gasteiger partial charge in [-0.3, -0.25) is 9.78 Å². The summed E-state index contributed by atoms with van der Waals surface area (Å²) in [6.07, 6.45) is 9.13. The van der Waals surface area contributed by atoms with Crippen LogP contribution in [0.4, 0.5) is 0 Å². The van der Waals surface area contributed by atoms with Crippen LogP contribution >= 0.6 is 0 Å². The minimum atomic E-state index is -0.125. The molecule has 1 heterocycles. The summed E-state index contributed by atoms with van der Waals surface area (Å²) < 4.78 is 0. The Labute approximate surface area is 304 Å². The van der Waals surface area contributed by atoms with Crippen LogP contribution in [0.5, 0.6) is 0 Å². The minimum Gasteiger partial charge on any atom is -0.512 e. The summed E-state index contributed by atoms with van der Waals surface area (Å²) >= 11 is 0. The van der Waals surface area contributed by atoms with Crippen molar-refractivity contribution in [1.82, 2.24) is 4.98 Å². The van der Waals surface area contributed by atoms with E-state index in [9.17, 15) is 4.79 Å². The second-order valence-corrected chi connectivity index (χ2v) is 16.3. The van der Waals surface area contributed by atoms with Gasteiger partial charge < -0.3 is 5.11 Å². The molecule has 1 aliphatic carbocycles. The Morgan fingerprint density at radius 3 is 2.10 bits per heavy atom. The fourth-order valence-corrected chi connectivity index (χ4v) is 8.30. The molecule has 1 N–H and O–H groups in total. The van der Waals surface area contributed by atoms with Crippen LogP contribution in [0.25, 0.3) is 32.9 Å². The third-order valence-corrected chi connectivity index (χ3v) is 9.72. The topological polar surface area (TPSA) is 50.2 Å². The fraction of sp³-hybridized carbons (Fsp3) is 0.500. The van der Waals surface area contributed by atoms with E-state index in [1.807, 2.05) is 0 Å². The number of rotatable bonds is 7. The van der Waals surface area contributed by atoms with E-state index >= 15 is 0 Å². The Hall–Kier alpha value is -2.81. The predicted octanol–water partition coefficient (Wildman–Crippen LogP) is 12.5. The van der Waals surface area contributed by atoms with Crippen molar-refractivity contribution in [1.29, 1.82) is 0 Å². The molecule has 5 rings (SSSR count). The summed E-state index contributed by atoms with van der Waals surface area (Å²) in [4.78, 5) is 15.3. The van der Waals surface area contributed by atoms with Crippen molar-refractivity contribution in [2.24, 2.45) is 17.3 Å². The molecule has 48 heavy (non-hydrogen) atoms. The van der Waals surface area contributed by atoms with Crippen molar-refractivity contribution in [3.63, 3.8) is 0 Å². The zero-order valence-electron chi connectivity index (χ0n) is 31.3. The normalized spacial score (nSPS) is 15.4. The van der Waals surface area contributed by atoms with Gasteiger partial charge in [-0.1, -0.05) is 89.7 Å². The second-order valence-electron chi connectivity index (χ2n) is 16.3.